The summed E-state index contributed by atoms with van der Waals surface area (Å²) in [5.41, 5.74) is 1.37. The number of benzene rings is 2. The summed E-state index contributed by atoms with van der Waals surface area (Å²) in [6.07, 6.45) is -0.280. The fourth-order valence-corrected chi connectivity index (χ4v) is 4.01. The molecular formula is C20H22O7. The lowest BCUT2D eigenvalue weighted by molar-refractivity contribution is -0.210. The molecule has 2 saturated heterocycles. The number of rotatable bonds is 4. The van der Waals surface area contributed by atoms with Crippen molar-refractivity contribution in [2.24, 2.45) is 11.8 Å². The van der Waals surface area contributed by atoms with Crippen LogP contribution < -0.4 is 9.47 Å². The molecule has 2 aliphatic heterocycles. The van der Waals surface area contributed by atoms with Crippen LogP contribution in [0.2, 0.25) is 0 Å². The van der Waals surface area contributed by atoms with Gasteiger partial charge in [-0.05, 0) is 35.9 Å². The summed E-state index contributed by atoms with van der Waals surface area (Å²) in [6.45, 7) is 0.635. The van der Waals surface area contributed by atoms with Gasteiger partial charge in [0.05, 0.1) is 33.5 Å². The Morgan fingerprint density at radius 2 is 1.63 bits per heavy atom. The van der Waals surface area contributed by atoms with Gasteiger partial charge in [0, 0.05) is 17.4 Å². The Hall–Kier alpha value is -2.48. The fourth-order valence-electron chi connectivity index (χ4n) is 4.01. The SMILES string of the molecule is COc1cc([C@H]2OC[C@H]3[C@@H]2CO[C@]3(O)c2ccc(O)c(OC)c2)ccc1O. The van der Waals surface area contributed by atoms with E-state index >= 15 is 0 Å². The molecule has 7 heteroatoms. The lowest BCUT2D eigenvalue weighted by atomic mass is 9.82. The topological polar surface area (TPSA) is 97.6 Å². The molecule has 4 rings (SSSR count). The second kappa shape index (κ2) is 6.60. The van der Waals surface area contributed by atoms with Crippen molar-refractivity contribution < 1.29 is 34.3 Å². The number of hydrogen-bond acceptors (Lipinski definition) is 7. The number of aliphatic hydroxyl groups is 1. The fraction of sp³-hybridized carbons (Fsp3) is 0.400. The van der Waals surface area contributed by atoms with Crippen LogP contribution in [0.4, 0.5) is 0 Å². The summed E-state index contributed by atoms with van der Waals surface area (Å²) < 4.78 is 22.1. The van der Waals surface area contributed by atoms with E-state index in [9.17, 15) is 15.3 Å². The van der Waals surface area contributed by atoms with E-state index in [0.29, 0.717) is 24.5 Å². The molecular weight excluding hydrogens is 352 g/mol. The van der Waals surface area contributed by atoms with Crippen molar-refractivity contribution in [1.82, 2.24) is 0 Å². The molecule has 2 aromatic carbocycles. The Labute approximate surface area is 156 Å². The second-order valence-electron chi connectivity index (χ2n) is 6.85. The summed E-state index contributed by atoms with van der Waals surface area (Å²) in [5, 5.41) is 30.9. The van der Waals surface area contributed by atoms with Gasteiger partial charge in [-0.25, -0.2) is 0 Å². The predicted octanol–water partition coefficient (Wildman–Crippen LogP) is 2.29. The second-order valence-corrected chi connectivity index (χ2v) is 6.85. The van der Waals surface area contributed by atoms with Crippen LogP contribution in [0.25, 0.3) is 0 Å². The van der Waals surface area contributed by atoms with Gasteiger partial charge in [0.25, 0.3) is 0 Å². The van der Waals surface area contributed by atoms with Crippen molar-refractivity contribution in [1.29, 1.82) is 0 Å². The van der Waals surface area contributed by atoms with Crippen molar-refractivity contribution in [3.8, 4) is 23.0 Å². The highest BCUT2D eigenvalue weighted by atomic mass is 16.6. The predicted molar refractivity (Wildman–Crippen MR) is 94.8 cm³/mol. The first kappa shape index (κ1) is 17.9. The van der Waals surface area contributed by atoms with Gasteiger partial charge < -0.3 is 34.3 Å². The molecule has 7 nitrogen and oxygen atoms in total. The van der Waals surface area contributed by atoms with E-state index in [2.05, 4.69) is 0 Å². The Balaban J connectivity index is 1.64. The van der Waals surface area contributed by atoms with Gasteiger partial charge in [-0.3, -0.25) is 0 Å². The maximum absolute atomic E-state index is 11.2. The molecule has 0 unspecified atom stereocenters. The van der Waals surface area contributed by atoms with Crippen LogP contribution in [-0.2, 0) is 15.3 Å². The normalized spacial score (nSPS) is 29.5. The van der Waals surface area contributed by atoms with E-state index < -0.39 is 5.79 Å². The quantitative estimate of drug-likeness (QED) is 0.755. The average Bonchev–Trinajstić information content (AvgIpc) is 3.24. The van der Waals surface area contributed by atoms with Crippen LogP contribution in [0.3, 0.4) is 0 Å². The van der Waals surface area contributed by atoms with Crippen LogP contribution in [0, 0.1) is 11.8 Å². The first-order valence-electron chi connectivity index (χ1n) is 8.70. The minimum Gasteiger partial charge on any atom is -0.504 e. The lowest BCUT2D eigenvalue weighted by Gasteiger charge is -2.28. The molecule has 144 valence electrons. The molecule has 2 heterocycles. The van der Waals surface area contributed by atoms with Gasteiger partial charge in [0.1, 0.15) is 0 Å². The van der Waals surface area contributed by atoms with Crippen LogP contribution >= 0.6 is 0 Å². The molecule has 27 heavy (non-hydrogen) atoms. The molecule has 0 bridgehead atoms. The van der Waals surface area contributed by atoms with Gasteiger partial charge in [-0.15, -0.1) is 0 Å². The minimum atomic E-state index is -1.53. The van der Waals surface area contributed by atoms with E-state index in [4.69, 9.17) is 18.9 Å². The third-order valence-corrected chi connectivity index (χ3v) is 5.49. The average molecular weight is 374 g/mol. The highest BCUT2D eigenvalue weighted by molar-refractivity contribution is 5.45. The highest BCUT2D eigenvalue weighted by Crippen LogP contribution is 2.53. The standard InChI is InChI=1S/C20H22O7/c1-24-17-7-11(3-5-15(17)21)19-13-9-27-20(23,14(13)10-26-19)12-4-6-16(22)18(8-12)25-2/h3-8,13-14,19,21-23H,9-10H2,1-2H3/t13-,14-,19+,20+/m0/s1. The Kier molecular flexibility index (Phi) is 4.38. The summed E-state index contributed by atoms with van der Waals surface area (Å²) in [6, 6.07) is 9.76. The first-order valence-corrected chi connectivity index (χ1v) is 8.70. The summed E-state index contributed by atoms with van der Waals surface area (Å²) in [7, 11) is 2.95. The largest absolute Gasteiger partial charge is 0.504 e. The van der Waals surface area contributed by atoms with Crippen molar-refractivity contribution in [2.75, 3.05) is 27.4 Å². The smallest absolute Gasteiger partial charge is 0.198 e. The number of aromatic hydroxyl groups is 2. The number of ether oxygens (including phenoxy) is 4. The van der Waals surface area contributed by atoms with Gasteiger partial charge in [0.15, 0.2) is 28.8 Å². The van der Waals surface area contributed by atoms with Gasteiger partial charge in [-0.1, -0.05) is 6.07 Å². The van der Waals surface area contributed by atoms with Crippen LogP contribution in [0.15, 0.2) is 36.4 Å². The lowest BCUT2D eigenvalue weighted by Crippen LogP contribution is -2.34. The molecule has 3 N–H and O–H groups in total. The Morgan fingerprint density at radius 3 is 2.33 bits per heavy atom. The third kappa shape index (κ3) is 2.79. The third-order valence-electron chi connectivity index (χ3n) is 5.49. The van der Waals surface area contributed by atoms with E-state index in [1.54, 1.807) is 30.3 Å². The molecule has 2 aliphatic rings. The molecule has 0 amide bonds. The van der Waals surface area contributed by atoms with Crippen molar-refractivity contribution in [2.45, 2.75) is 11.9 Å². The number of fused-ring (bicyclic) bond motifs is 1. The molecule has 2 aromatic rings. The molecule has 0 spiro atoms. The van der Waals surface area contributed by atoms with Gasteiger partial charge >= 0.3 is 0 Å². The number of methoxy groups -OCH3 is 2. The first-order chi connectivity index (χ1) is 13.0. The summed E-state index contributed by atoms with van der Waals surface area (Å²) >= 11 is 0. The van der Waals surface area contributed by atoms with Crippen LogP contribution in [0.1, 0.15) is 17.2 Å². The maximum Gasteiger partial charge on any atom is 0.198 e. The van der Waals surface area contributed by atoms with Crippen LogP contribution in [-0.4, -0.2) is 42.8 Å². The molecule has 2 fully saturated rings. The van der Waals surface area contributed by atoms with E-state index in [1.807, 2.05) is 0 Å². The zero-order valence-electron chi connectivity index (χ0n) is 15.1. The van der Waals surface area contributed by atoms with Crippen molar-refractivity contribution in [3.63, 3.8) is 0 Å². The van der Waals surface area contributed by atoms with Gasteiger partial charge in [0.2, 0.25) is 0 Å². The molecule has 0 radical (unpaired) electrons. The Bertz CT molecular complexity index is 852. The molecule has 0 aliphatic carbocycles. The number of phenols is 2. The van der Waals surface area contributed by atoms with Crippen molar-refractivity contribution in [3.05, 3.63) is 47.5 Å². The summed E-state index contributed by atoms with van der Waals surface area (Å²) in [4.78, 5) is 0. The highest BCUT2D eigenvalue weighted by Gasteiger charge is 2.56. The zero-order valence-corrected chi connectivity index (χ0v) is 15.1. The van der Waals surface area contributed by atoms with E-state index in [1.165, 1.54) is 20.3 Å². The van der Waals surface area contributed by atoms with Crippen molar-refractivity contribution >= 4 is 0 Å². The number of hydrogen-bond donors (Lipinski definition) is 3. The zero-order chi connectivity index (χ0) is 19.2. The van der Waals surface area contributed by atoms with Gasteiger partial charge in [-0.2, -0.15) is 0 Å². The summed E-state index contributed by atoms with van der Waals surface area (Å²) in [5.74, 6) is -1.17. The maximum atomic E-state index is 11.2. The Morgan fingerprint density at radius 1 is 0.963 bits per heavy atom. The minimum absolute atomic E-state index is 0.00358. The van der Waals surface area contributed by atoms with Crippen LogP contribution in [0.5, 0.6) is 23.0 Å². The monoisotopic (exact) mass is 374 g/mol. The van der Waals surface area contributed by atoms with E-state index in [0.717, 1.165) is 5.56 Å². The molecule has 0 saturated carbocycles. The van der Waals surface area contributed by atoms with E-state index in [-0.39, 0.29) is 35.2 Å². The number of phenolic OH excluding ortho intramolecular Hbond substituents is 2. The molecule has 0 aromatic heterocycles. The molecule has 4 atom stereocenters.